The Hall–Kier alpha value is -2.32. The Morgan fingerprint density at radius 3 is 2.62 bits per heavy atom. The fourth-order valence-electron chi connectivity index (χ4n) is 2.82. The van der Waals surface area contributed by atoms with Gasteiger partial charge in [0.1, 0.15) is 6.54 Å². The van der Waals surface area contributed by atoms with E-state index in [0.29, 0.717) is 11.7 Å². The molecule has 0 saturated carbocycles. The van der Waals surface area contributed by atoms with Gasteiger partial charge < -0.3 is 4.90 Å². The summed E-state index contributed by atoms with van der Waals surface area (Å²) in [6, 6.07) is 5.98. The molecule has 0 bridgehead atoms. The first-order chi connectivity index (χ1) is 12.3. The van der Waals surface area contributed by atoms with Crippen LogP contribution in [0.5, 0.6) is 0 Å². The number of thiazole rings is 1. The maximum Gasteiger partial charge on any atom is 0.249 e. The van der Waals surface area contributed by atoms with E-state index in [9.17, 15) is 14.4 Å². The van der Waals surface area contributed by atoms with E-state index in [1.165, 1.54) is 16.2 Å². The van der Waals surface area contributed by atoms with Gasteiger partial charge >= 0.3 is 0 Å². The molecular weight excluding hydrogens is 352 g/mol. The van der Waals surface area contributed by atoms with Crippen molar-refractivity contribution in [3.63, 3.8) is 0 Å². The summed E-state index contributed by atoms with van der Waals surface area (Å²) in [5.74, 6) is -0.825. The third-order valence-electron chi connectivity index (χ3n) is 4.35. The number of carbonyl (C=O) groups is 3. The summed E-state index contributed by atoms with van der Waals surface area (Å²) in [7, 11) is 4.02. The van der Waals surface area contributed by atoms with E-state index >= 15 is 0 Å². The van der Waals surface area contributed by atoms with Gasteiger partial charge in [-0.2, -0.15) is 0 Å². The molecule has 7 nitrogen and oxygen atoms in total. The van der Waals surface area contributed by atoms with E-state index in [4.69, 9.17) is 0 Å². The lowest BCUT2D eigenvalue weighted by atomic mass is 10.2. The highest BCUT2D eigenvalue weighted by molar-refractivity contribution is 7.22. The number of carbonyl (C=O) groups excluding carboxylic acids is 3. The highest BCUT2D eigenvalue weighted by Crippen LogP contribution is 2.29. The minimum absolute atomic E-state index is 0.189. The largest absolute Gasteiger partial charge is 0.338 e. The van der Waals surface area contributed by atoms with Crippen LogP contribution in [0.25, 0.3) is 10.2 Å². The van der Waals surface area contributed by atoms with Gasteiger partial charge in [-0.05, 0) is 24.6 Å². The number of nitrogens with zero attached hydrogens (tertiary/aromatic N) is 3. The minimum Gasteiger partial charge on any atom is -0.338 e. The highest BCUT2D eigenvalue weighted by atomic mass is 32.1. The van der Waals surface area contributed by atoms with Gasteiger partial charge in [-0.15, -0.1) is 0 Å². The second-order valence-electron chi connectivity index (χ2n) is 6.84. The van der Waals surface area contributed by atoms with Crippen molar-refractivity contribution in [2.75, 3.05) is 38.6 Å². The first kappa shape index (κ1) is 18.5. The summed E-state index contributed by atoms with van der Waals surface area (Å²) in [5, 5.41) is 0.607. The van der Waals surface area contributed by atoms with Gasteiger partial charge in [0.25, 0.3) is 0 Å². The molecule has 8 heteroatoms. The van der Waals surface area contributed by atoms with Crippen molar-refractivity contribution < 1.29 is 19.3 Å². The number of aryl methyl sites for hydroxylation is 1. The Morgan fingerprint density at radius 1 is 1.27 bits per heavy atom. The number of amides is 3. The molecule has 1 aromatic heterocycles. The molecule has 3 rings (SSSR count). The number of anilines is 1. The fourth-order valence-corrected chi connectivity index (χ4v) is 3.92. The number of hydrogen-bond acceptors (Lipinski definition) is 5. The van der Waals surface area contributed by atoms with Crippen LogP contribution in [0.3, 0.4) is 0 Å². The van der Waals surface area contributed by atoms with E-state index < -0.39 is 0 Å². The molecule has 2 aromatic rings. The number of likely N-dealkylation sites (tertiary alicyclic amines) is 1. The van der Waals surface area contributed by atoms with Crippen LogP contribution in [0.2, 0.25) is 0 Å². The summed E-state index contributed by atoms with van der Waals surface area (Å²) in [6.07, 6.45) is 0.378. The van der Waals surface area contributed by atoms with E-state index in [-0.39, 0.29) is 37.1 Å². The molecule has 2 heterocycles. The van der Waals surface area contributed by atoms with Crippen molar-refractivity contribution in [3.8, 4) is 0 Å². The summed E-state index contributed by atoms with van der Waals surface area (Å²) in [4.78, 5) is 45.0. The van der Waals surface area contributed by atoms with E-state index in [1.54, 1.807) is 4.90 Å². The maximum atomic E-state index is 12.9. The maximum absolute atomic E-state index is 12.9. The van der Waals surface area contributed by atoms with Gasteiger partial charge in [-0.25, -0.2) is 4.98 Å². The molecule has 3 amide bonds. The third kappa shape index (κ3) is 3.91. The topological polar surface area (TPSA) is 75.0 Å². The molecule has 1 aromatic carbocycles. The number of benzene rings is 1. The zero-order valence-corrected chi connectivity index (χ0v) is 16.1. The smallest absolute Gasteiger partial charge is 0.249 e. The number of rotatable bonds is 6. The van der Waals surface area contributed by atoms with Gasteiger partial charge in [0.2, 0.25) is 17.7 Å². The summed E-state index contributed by atoms with van der Waals surface area (Å²) < 4.78 is 1.02. The zero-order valence-electron chi connectivity index (χ0n) is 15.2. The van der Waals surface area contributed by atoms with Crippen molar-refractivity contribution >= 4 is 44.4 Å². The molecule has 1 fully saturated rings. The molecule has 138 valence electrons. The number of quaternary nitrogens is 1. The minimum atomic E-state index is -0.276. The second kappa shape index (κ2) is 7.51. The molecular formula is C18H23N4O3S+. The van der Waals surface area contributed by atoms with Crippen LogP contribution in [0.15, 0.2) is 18.2 Å². The normalized spacial score (nSPS) is 14.7. The van der Waals surface area contributed by atoms with Gasteiger partial charge in [0, 0.05) is 12.8 Å². The summed E-state index contributed by atoms with van der Waals surface area (Å²) >= 11 is 1.46. The Labute approximate surface area is 156 Å². The number of imide groups is 1. The standard InChI is InChI=1S/C18H22N4O3S/c1-12-4-5-13-14(10-12)26-18(19-13)21(9-8-20(2)3)17(25)11-22-15(23)6-7-16(22)24/h4-5,10H,6-9,11H2,1-3H3/p+1. The number of hydrogen-bond donors (Lipinski definition) is 1. The molecule has 26 heavy (non-hydrogen) atoms. The summed E-state index contributed by atoms with van der Waals surface area (Å²) in [6.45, 7) is 3.02. The molecule has 0 unspecified atom stereocenters. The number of likely N-dealkylation sites (N-methyl/N-ethyl adjacent to an activating group) is 1. The average molecular weight is 375 g/mol. The fraction of sp³-hybridized carbons (Fsp3) is 0.444. The van der Waals surface area contributed by atoms with Crippen molar-refractivity contribution in [3.05, 3.63) is 23.8 Å². The summed E-state index contributed by atoms with van der Waals surface area (Å²) in [5.41, 5.74) is 1.98. The van der Waals surface area contributed by atoms with Crippen molar-refractivity contribution in [1.29, 1.82) is 0 Å². The molecule has 1 aliphatic heterocycles. The lowest BCUT2D eigenvalue weighted by molar-refractivity contribution is -0.856. The Morgan fingerprint density at radius 2 is 1.96 bits per heavy atom. The van der Waals surface area contributed by atoms with Crippen molar-refractivity contribution in [2.45, 2.75) is 19.8 Å². The lowest BCUT2D eigenvalue weighted by Crippen LogP contribution is -3.06. The monoisotopic (exact) mass is 375 g/mol. The van der Waals surface area contributed by atoms with Gasteiger partial charge in [0.15, 0.2) is 5.13 Å². The van der Waals surface area contributed by atoms with E-state index in [1.807, 2.05) is 39.2 Å². The van der Waals surface area contributed by atoms with Crippen LogP contribution in [0, 0.1) is 6.92 Å². The SMILES string of the molecule is Cc1ccc2nc(N(CC[NH+](C)C)C(=O)CN3C(=O)CCC3=O)sc2c1. The molecule has 1 saturated heterocycles. The second-order valence-corrected chi connectivity index (χ2v) is 7.85. The zero-order chi connectivity index (χ0) is 18.8. The average Bonchev–Trinajstić information content (AvgIpc) is 3.12. The molecule has 1 aliphatic rings. The first-order valence-electron chi connectivity index (χ1n) is 8.65. The lowest BCUT2D eigenvalue weighted by Gasteiger charge is -2.23. The Kier molecular flexibility index (Phi) is 5.33. The molecule has 0 radical (unpaired) electrons. The van der Waals surface area contributed by atoms with Crippen LogP contribution in [-0.2, 0) is 14.4 Å². The van der Waals surface area contributed by atoms with Crippen LogP contribution in [0.1, 0.15) is 18.4 Å². The Bertz CT molecular complexity index is 845. The van der Waals surface area contributed by atoms with Crippen LogP contribution in [0.4, 0.5) is 5.13 Å². The van der Waals surface area contributed by atoms with Gasteiger partial charge in [-0.3, -0.25) is 24.2 Å². The van der Waals surface area contributed by atoms with Crippen molar-refractivity contribution in [1.82, 2.24) is 9.88 Å². The number of aromatic nitrogens is 1. The predicted octanol–water partition coefficient (Wildman–Crippen LogP) is 0.231. The predicted molar refractivity (Wildman–Crippen MR) is 100 cm³/mol. The number of nitrogens with one attached hydrogen (secondary N) is 1. The van der Waals surface area contributed by atoms with E-state index in [2.05, 4.69) is 4.98 Å². The Balaban J connectivity index is 1.86. The quantitative estimate of drug-likeness (QED) is 0.734. The third-order valence-corrected chi connectivity index (χ3v) is 5.39. The van der Waals surface area contributed by atoms with Crippen LogP contribution in [-0.4, -0.2) is 61.3 Å². The first-order valence-corrected chi connectivity index (χ1v) is 9.46. The molecule has 0 aliphatic carbocycles. The van der Waals surface area contributed by atoms with Crippen LogP contribution < -0.4 is 9.80 Å². The molecule has 0 atom stereocenters. The van der Waals surface area contributed by atoms with Gasteiger partial charge in [-0.1, -0.05) is 17.4 Å². The van der Waals surface area contributed by atoms with E-state index in [0.717, 1.165) is 27.2 Å². The molecule has 1 N–H and O–H groups in total. The van der Waals surface area contributed by atoms with Crippen LogP contribution >= 0.6 is 11.3 Å². The van der Waals surface area contributed by atoms with Crippen molar-refractivity contribution in [2.24, 2.45) is 0 Å². The molecule has 0 spiro atoms. The number of fused-ring (bicyclic) bond motifs is 1. The highest BCUT2D eigenvalue weighted by Gasteiger charge is 2.32. The van der Waals surface area contributed by atoms with Gasteiger partial charge in [0.05, 0.1) is 37.4 Å².